The SMILES string of the molecule is C#Cc1cccc(NC(=O)c2cc(Br)c[nH]2)c1. The smallest absolute Gasteiger partial charge is 0.272 e. The molecule has 0 radical (unpaired) electrons. The van der Waals surface area contributed by atoms with Gasteiger partial charge in [-0.3, -0.25) is 4.79 Å². The van der Waals surface area contributed by atoms with Gasteiger partial charge in [-0.2, -0.15) is 0 Å². The molecule has 1 amide bonds. The number of carbonyl (C=O) groups is 1. The van der Waals surface area contributed by atoms with Gasteiger partial charge >= 0.3 is 0 Å². The third-order valence-electron chi connectivity index (χ3n) is 2.18. The Morgan fingerprint density at radius 2 is 2.24 bits per heavy atom. The number of carbonyl (C=O) groups excluding carboxylic acids is 1. The Kier molecular flexibility index (Phi) is 3.31. The van der Waals surface area contributed by atoms with Crippen molar-refractivity contribution in [1.82, 2.24) is 4.98 Å². The molecule has 0 fully saturated rings. The van der Waals surface area contributed by atoms with Crippen LogP contribution in [0.1, 0.15) is 16.1 Å². The van der Waals surface area contributed by atoms with Crippen LogP contribution in [0.3, 0.4) is 0 Å². The quantitative estimate of drug-likeness (QED) is 0.820. The lowest BCUT2D eigenvalue weighted by Gasteiger charge is -2.03. The van der Waals surface area contributed by atoms with E-state index in [0.717, 1.165) is 10.0 Å². The molecular weight excluding hydrogens is 280 g/mol. The molecule has 2 rings (SSSR count). The molecule has 1 aromatic carbocycles. The minimum absolute atomic E-state index is 0.204. The number of hydrogen-bond donors (Lipinski definition) is 2. The van der Waals surface area contributed by atoms with E-state index >= 15 is 0 Å². The van der Waals surface area contributed by atoms with E-state index in [2.05, 4.69) is 32.2 Å². The zero-order valence-electron chi connectivity index (χ0n) is 8.83. The van der Waals surface area contributed by atoms with Gasteiger partial charge in [0.15, 0.2) is 0 Å². The number of benzene rings is 1. The summed E-state index contributed by atoms with van der Waals surface area (Å²) in [4.78, 5) is 14.7. The standard InChI is InChI=1S/C13H9BrN2O/c1-2-9-4-3-5-11(6-9)16-13(17)12-7-10(14)8-15-12/h1,3-8,15H,(H,16,17). The molecule has 4 heteroatoms. The van der Waals surface area contributed by atoms with E-state index in [9.17, 15) is 4.79 Å². The fourth-order valence-corrected chi connectivity index (χ4v) is 1.73. The van der Waals surface area contributed by atoms with Crippen LogP contribution in [0.15, 0.2) is 41.0 Å². The molecule has 0 aliphatic heterocycles. The molecular formula is C13H9BrN2O. The second-order valence-corrected chi connectivity index (χ2v) is 4.33. The van der Waals surface area contributed by atoms with Crippen LogP contribution in [0.2, 0.25) is 0 Å². The molecule has 0 spiro atoms. The molecule has 0 aliphatic carbocycles. The molecule has 2 aromatic rings. The number of aromatic nitrogens is 1. The number of rotatable bonds is 2. The topological polar surface area (TPSA) is 44.9 Å². The lowest BCUT2D eigenvalue weighted by Crippen LogP contribution is -2.12. The van der Waals surface area contributed by atoms with Crippen molar-refractivity contribution in [3.63, 3.8) is 0 Å². The van der Waals surface area contributed by atoms with Gasteiger partial charge in [0.2, 0.25) is 0 Å². The molecule has 0 saturated heterocycles. The fourth-order valence-electron chi connectivity index (χ4n) is 1.38. The van der Waals surface area contributed by atoms with E-state index in [0.29, 0.717) is 11.4 Å². The van der Waals surface area contributed by atoms with E-state index in [1.54, 1.807) is 36.5 Å². The maximum absolute atomic E-state index is 11.8. The number of terminal acetylenes is 1. The first-order valence-corrected chi connectivity index (χ1v) is 5.70. The lowest BCUT2D eigenvalue weighted by atomic mass is 10.2. The summed E-state index contributed by atoms with van der Waals surface area (Å²) in [5.74, 6) is 2.31. The number of nitrogens with one attached hydrogen (secondary N) is 2. The zero-order valence-corrected chi connectivity index (χ0v) is 10.4. The molecule has 1 heterocycles. The van der Waals surface area contributed by atoms with Gasteiger partial charge in [-0.05, 0) is 40.2 Å². The minimum atomic E-state index is -0.204. The van der Waals surface area contributed by atoms with Crippen molar-refractivity contribution in [3.8, 4) is 12.3 Å². The summed E-state index contributed by atoms with van der Waals surface area (Å²) in [5, 5.41) is 2.76. The minimum Gasteiger partial charge on any atom is -0.356 e. The number of amides is 1. The van der Waals surface area contributed by atoms with Crippen molar-refractivity contribution in [3.05, 3.63) is 52.3 Å². The normalized spacial score (nSPS) is 9.65. The van der Waals surface area contributed by atoms with Gasteiger partial charge in [0.05, 0.1) is 0 Å². The first-order valence-electron chi connectivity index (χ1n) is 4.91. The summed E-state index contributed by atoms with van der Waals surface area (Å²) in [5.41, 5.74) is 1.90. The summed E-state index contributed by atoms with van der Waals surface area (Å²) in [6, 6.07) is 8.85. The van der Waals surface area contributed by atoms with Crippen LogP contribution in [0.25, 0.3) is 0 Å². The molecule has 17 heavy (non-hydrogen) atoms. The highest BCUT2D eigenvalue weighted by Crippen LogP contribution is 2.14. The van der Waals surface area contributed by atoms with Crippen LogP contribution in [0.5, 0.6) is 0 Å². The van der Waals surface area contributed by atoms with Gasteiger partial charge in [0.25, 0.3) is 5.91 Å². The Balaban J connectivity index is 2.16. The predicted molar refractivity (Wildman–Crippen MR) is 70.8 cm³/mol. The van der Waals surface area contributed by atoms with Crippen molar-refractivity contribution >= 4 is 27.5 Å². The molecule has 2 N–H and O–H groups in total. The maximum Gasteiger partial charge on any atom is 0.272 e. The molecule has 3 nitrogen and oxygen atoms in total. The van der Waals surface area contributed by atoms with Gasteiger partial charge < -0.3 is 10.3 Å². The van der Waals surface area contributed by atoms with Crippen LogP contribution in [0.4, 0.5) is 5.69 Å². The van der Waals surface area contributed by atoms with Gasteiger partial charge in [0.1, 0.15) is 5.69 Å². The first kappa shape index (κ1) is 11.5. The summed E-state index contributed by atoms with van der Waals surface area (Å²) >= 11 is 3.27. The van der Waals surface area contributed by atoms with E-state index < -0.39 is 0 Å². The first-order chi connectivity index (χ1) is 8.19. The third kappa shape index (κ3) is 2.77. The molecule has 0 aliphatic rings. The highest BCUT2D eigenvalue weighted by Gasteiger charge is 2.07. The van der Waals surface area contributed by atoms with E-state index in [1.807, 2.05) is 0 Å². The largest absolute Gasteiger partial charge is 0.356 e. The Morgan fingerprint density at radius 1 is 1.41 bits per heavy atom. The molecule has 1 aromatic heterocycles. The Hall–Kier alpha value is -1.99. The maximum atomic E-state index is 11.8. The van der Waals surface area contributed by atoms with Crippen LogP contribution >= 0.6 is 15.9 Å². The Bertz CT molecular complexity index is 595. The highest BCUT2D eigenvalue weighted by molar-refractivity contribution is 9.10. The Morgan fingerprint density at radius 3 is 2.88 bits per heavy atom. The third-order valence-corrected chi connectivity index (χ3v) is 2.64. The zero-order chi connectivity index (χ0) is 12.3. The van der Waals surface area contributed by atoms with Gasteiger partial charge in [-0.25, -0.2) is 0 Å². The van der Waals surface area contributed by atoms with Crippen LogP contribution < -0.4 is 5.32 Å². The van der Waals surface area contributed by atoms with E-state index in [4.69, 9.17) is 6.42 Å². The van der Waals surface area contributed by atoms with Crippen LogP contribution in [-0.4, -0.2) is 10.9 Å². The average molecular weight is 289 g/mol. The number of H-pyrrole nitrogens is 1. The van der Waals surface area contributed by atoms with E-state index in [1.165, 1.54) is 0 Å². The van der Waals surface area contributed by atoms with Crippen LogP contribution in [0, 0.1) is 12.3 Å². The van der Waals surface area contributed by atoms with Crippen molar-refractivity contribution < 1.29 is 4.79 Å². The van der Waals surface area contributed by atoms with E-state index in [-0.39, 0.29) is 5.91 Å². The summed E-state index contributed by atoms with van der Waals surface area (Å²) in [7, 11) is 0. The average Bonchev–Trinajstić information content (AvgIpc) is 2.76. The molecule has 0 bridgehead atoms. The van der Waals surface area contributed by atoms with Gasteiger partial charge in [-0.1, -0.05) is 12.0 Å². The van der Waals surface area contributed by atoms with Crippen molar-refractivity contribution in [2.75, 3.05) is 5.32 Å². The van der Waals surface area contributed by atoms with Crippen LogP contribution in [-0.2, 0) is 0 Å². The molecule has 0 unspecified atom stereocenters. The molecule has 0 atom stereocenters. The van der Waals surface area contributed by atoms with Crippen molar-refractivity contribution in [2.24, 2.45) is 0 Å². The number of hydrogen-bond acceptors (Lipinski definition) is 1. The summed E-state index contributed by atoms with van der Waals surface area (Å²) in [6.45, 7) is 0. The highest BCUT2D eigenvalue weighted by atomic mass is 79.9. The number of anilines is 1. The van der Waals surface area contributed by atoms with Crippen molar-refractivity contribution in [2.45, 2.75) is 0 Å². The van der Waals surface area contributed by atoms with Crippen molar-refractivity contribution in [1.29, 1.82) is 0 Å². The second kappa shape index (κ2) is 4.89. The lowest BCUT2D eigenvalue weighted by molar-refractivity contribution is 0.102. The van der Waals surface area contributed by atoms with Gasteiger partial charge in [0, 0.05) is 21.9 Å². The predicted octanol–water partition coefficient (Wildman–Crippen LogP) is 3.01. The number of halogens is 1. The van der Waals surface area contributed by atoms with Gasteiger partial charge in [-0.15, -0.1) is 6.42 Å². The number of aromatic amines is 1. The second-order valence-electron chi connectivity index (χ2n) is 3.41. The summed E-state index contributed by atoms with van der Waals surface area (Å²) in [6.07, 6.45) is 6.99. The Labute approximate surface area is 107 Å². The molecule has 0 saturated carbocycles. The fraction of sp³-hybridized carbons (Fsp3) is 0. The monoisotopic (exact) mass is 288 g/mol. The molecule has 84 valence electrons. The summed E-state index contributed by atoms with van der Waals surface area (Å²) < 4.78 is 0.833.